The van der Waals surface area contributed by atoms with E-state index in [0.29, 0.717) is 59.2 Å². The van der Waals surface area contributed by atoms with Gasteiger partial charge in [-0.2, -0.15) is 0 Å². The van der Waals surface area contributed by atoms with Gasteiger partial charge in [0.15, 0.2) is 0 Å². The minimum atomic E-state index is -2.16. The first-order valence-electron chi connectivity index (χ1n) is 24.0. The van der Waals surface area contributed by atoms with Crippen LogP contribution in [0.25, 0.3) is 0 Å². The van der Waals surface area contributed by atoms with Crippen molar-refractivity contribution in [1.29, 1.82) is 0 Å². The number of likely N-dealkylation sites (N-methyl/N-ethyl adjacent to an activating group) is 2. The normalized spacial score (nSPS) is 29.9. The van der Waals surface area contributed by atoms with Gasteiger partial charge in [0.1, 0.15) is 0 Å². The van der Waals surface area contributed by atoms with Gasteiger partial charge in [0.2, 0.25) is 0 Å². The second-order valence-electron chi connectivity index (χ2n) is 15.9. The minimum Gasteiger partial charge on any atom is -0.299 e. The van der Waals surface area contributed by atoms with E-state index in [0.717, 1.165) is 41.9 Å². The third-order valence-corrected chi connectivity index (χ3v) is 12.1. The summed E-state index contributed by atoms with van der Waals surface area (Å²) in [7, 11) is 2.15. The van der Waals surface area contributed by atoms with Crippen LogP contribution in [-0.4, -0.2) is 84.0 Å². The number of hydrogen-bond acceptors (Lipinski definition) is 4. The molecule has 4 nitrogen and oxygen atoms in total. The van der Waals surface area contributed by atoms with Gasteiger partial charge in [-0.05, 0) is 119 Å². The molecule has 0 aromatic heterocycles. The van der Waals surface area contributed by atoms with Crippen LogP contribution in [0.5, 0.6) is 0 Å². The van der Waals surface area contributed by atoms with Gasteiger partial charge in [-0.25, -0.2) is 0 Å². The molecule has 2 aliphatic heterocycles. The summed E-state index contributed by atoms with van der Waals surface area (Å²) in [6.45, 7) is 12.2. The molecule has 6 heteroatoms. The maximum Gasteiger partial charge on any atom is 0.0629 e. The quantitative estimate of drug-likeness (QED) is 0.207. The lowest BCUT2D eigenvalue weighted by Gasteiger charge is -2.47. The number of halogens is 2. The highest BCUT2D eigenvalue weighted by molar-refractivity contribution is 6.31. The number of piperazine rings is 2. The van der Waals surface area contributed by atoms with Gasteiger partial charge in [-0.15, -0.1) is 0 Å². The van der Waals surface area contributed by atoms with Crippen molar-refractivity contribution in [3.63, 3.8) is 0 Å². The van der Waals surface area contributed by atoms with Crippen molar-refractivity contribution in [1.82, 2.24) is 19.6 Å². The molecule has 0 unspecified atom stereocenters. The van der Waals surface area contributed by atoms with Crippen LogP contribution in [0.1, 0.15) is 120 Å². The van der Waals surface area contributed by atoms with Crippen LogP contribution in [0.3, 0.4) is 0 Å². The molecule has 2 heterocycles. The molecule has 2 saturated heterocycles. The third-order valence-electron chi connectivity index (χ3n) is 11.6. The van der Waals surface area contributed by atoms with E-state index in [1.165, 1.54) is 0 Å². The second kappa shape index (κ2) is 14.6. The Hall–Kier alpha value is -2.70. The van der Waals surface area contributed by atoms with Gasteiger partial charge in [0.05, 0.1) is 12.3 Å². The SMILES string of the molecule is [2H]c1c([2H])c(C)c([2H])c([C@@H]2C[C@@H](N3CCN(C([2H])([2H])[2H])C(C)(C)C3)c3cc(Cl)ccc32)c1[2H].[2H]c1c([2H])c([2H])c([C@@H]2C[C@@H](N3CCN(C)C(C)(C)C3)c3cc(Cl)ccc32)c([2H])c1[2H]. The molecule has 0 radical (unpaired) electrons. The Labute approximate surface area is 334 Å². The van der Waals surface area contributed by atoms with Crippen LogP contribution in [0, 0.1) is 6.92 Å². The Balaban J connectivity index is 0.000000190. The first kappa shape index (κ1) is 24.6. The lowest BCUT2D eigenvalue weighted by Crippen LogP contribution is -2.58. The summed E-state index contributed by atoms with van der Waals surface area (Å²) in [4.78, 5) is 8.70. The molecule has 0 saturated carbocycles. The standard InChI is InChI=1S/C23H29ClN2.C22H27ClN2/c1-16-6-5-7-17(12-16)20-14-22(21-13-18(24)8-9-19(20)21)26-11-10-25(4)23(2,3)15-26;1-22(2)15-25(12-11-24(22)3)21-14-19(16-7-5-4-6-8-16)18-10-9-17(23)13-20(18)21/h5-9,12-13,20,22H,10-11,14-15H2,1-4H3;4-10,13,19,21H,11-12,14-15H2,1-3H3/t20-,22+;19-,21+/m00/s1/i4D3,5D,6D,7D,12D;4D,5D,6D,7D,8D. The zero-order chi connectivity index (χ0) is 46.4. The van der Waals surface area contributed by atoms with Gasteiger partial charge in [0, 0.05) is 88.4 Å². The Morgan fingerprint density at radius 3 is 1.69 bits per heavy atom. The first-order chi connectivity index (χ1) is 29.3. The highest BCUT2D eigenvalue weighted by atomic mass is 35.5. The van der Waals surface area contributed by atoms with E-state index in [4.69, 9.17) is 39.7 Å². The lowest BCUT2D eigenvalue weighted by molar-refractivity contribution is 0.0158. The predicted octanol–water partition coefficient (Wildman–Crippen LogP) is 10.2. The fourth-order valence-corrected chi connectivity index (χ4v) is 8.92. The number of benzene rings is 4. The second-order valence-corrected chi connectivity index (χ2v) is 16.7. The summed E-state index contributed by atoms with van der Waals surface area (Å²) in [6.07, 6.45) is 1.30. The molecule has 8 rings (SSSR count). The van der Waals surface area contributed by atoms with E-state index in [2.05, 4.69) is 35.6 Å². The number of nitrogens with zero attached hydrogens (tertiary/aromatic N) is 4. The predicted molar refractivity (Wildman–Crippen MR) is 215 cm³/mol. The number of hydrogen-bond donors (Lipinski definition) is 0. The van der Waals surface area contributed by atoms with Crippen LogP contribution in [-0.2, 0) is 0 Å². The van der Waals surface area contributed by atoms with Crippen molar-refractivity contribution in [2.45, 2.75) is 82.5 Å². The Kier molecular flexibility index (Phi) is 7.04. The van der Waals surface area contributed by atoms with Gasteiger partial charge < -0.3 is 0 Å². The summed E-state index contributed by atoms with van der Waals surface area (Å²) in [5, 5.41) is 1.27. The molecule has 2 fully saturated rings. The molecular formula is C45H56Cl2N4. The molecule has 2 aliphatic carbocycles. The van der Waals surface area contributed by atoms with Crippen molar-refractivity contribution in [3.05, 3.63) is 140 Å². The minimum absolute atomic E-state index is 0.0335. The van der Waals surface area contributed by atoms with Crippen LogP contribution >= 0.6 is 23.2 Å². The smallest absolute Gasteiger partial charge is 0.0629 e. The molecule has 0 N–H and O–H groups in total. The fourth-order valence-electron chi connectivity index (χ4n) is 8.56. The molecule has 0 amide bonds. The Morgan fingerprint density at radius 2 is 1.16 bits per heavy atom. The summed E-state index contributed by atoms with van der Waals surface area (Å²) in [5.74, 6) is -0.506. The maximum atomic E-state index is 8.66. The van der Waals surface area contributed by atoms with E-state index in [-0.39, 0.29) is 83.8 Å². The monoisotopic (exact) mass is 734 g/mol. The third kappa shape index (κ3) is 7.56. The number of fused-ring (bicyclic) bond motifs is 2. The lowest BCUT2D eigenvalue weighted by atomic mass is 9.92. The molecule has 0 bridgehead atoms. The largest absolute Gasteiger partial charge is 0.299 e. The van der Waals surface area contributed by atoms with Gasteiger partial charge >= 0.3 is 0 Å². The fraction of sp³-hybridized carbons (Fsp3) is 0.467. The molecule has 270 valence electrons. The zero-order valence-electron chi connectivity index (χ0n) is 42.5. The van der Waals surface area contributed by atoms with E-state index in [1.807, 2.05) is 50.2 Å². The van der Waals surface area contributed by atoms with Crippen LogP contribution < -0.4 is 0 Å². The summed E-state index contributed by atoms with van der Waals surface area (Å²) in [5.41, 5.74) is 4.91. The molecule has 4 aromatic rings. The summed E-state index contributed by atoms with van der Waals surface area (Å²) in [6, 6.07) is 10.3. The average Bonchev–Trinajstić information content (AvgIpc) is 3.76. The van der Waals surface area contributed by atoms with E-state index < -0.39 is 12.5 Å². The van der Waals surface area contributed by atoms with Crippen molar-refractivity contribution in [2.24, 2.45) is 0 Å². The van der Waals surface area contributed by atoms with Gasteiger partial charge in [0.25, 0.3) is 0 Å². The van der Waals surface area contributed by atoms with Crippen molar-refractivity contribution in [3.8, 4) is 0 Å². The van der Waals surface area contributed by atoms with Gasteiger partial charge in [-0.1, -0.05) is 95.3 Å². The van der Waals surface area contributed by atoms with E-state index in [1.54, 1.807) is 11.8 Å². The molecule has 51 heavy (non-hydrogen) atoms. The average molecular weight is 736 g/mol. The number of rotatable bonds is 4. The van der Waals surface area contributed by atoms with Crippen molar-refractivity contribution in [2.75, 3.05) is 53.3 Å². The topological polar surface area (TPSA) is 13.0 Å². The van der Waals surface area contributed by atoms with E-state index >= 15 is 0 Å². The first-order valence-corrected chi connectivity index (χ1v) is 18.7. The molecule has 4 aliphatic rings. The molecule has 4 aromatic carbocycles. The summed E-state index contributed by atoms with van der Waals surface area (Å²) >= 11 is 12.7. The van der Waals surface area contributed by atoms with Crippen LogP contribution in [0.4, 0.5) is 0 Å². The Bertz CT molecular complexity index is 2380. The highest BCUT2D eigenvalue weighted by Crippen LogP contribution is 2.50. The van der Waals surface area contributed by atoms with Crippen molar-refractivity contribution >= 4 is 23.2 Å². The van der Waals surface area contributed by atoms with Crippen molar-refractivity contribution < 1.29 is 16.4 Å². The maximum absolute atomic E-state index is 8.66. The molecule has 0 spiro atoms. The zero-order valence-corrected chi connectivity index (χ0v) is 32.0. The van der Waals surface area contributed by atoms with Crippen LogP contribution in [0.2, 0.25) is 10.0 Å². The molecule has 4 atom stereocenters. The molecular weight excluding hydrogens is 667 g/mol. The summed E-state index contributed by atoms with van der Waals surface area (Å²) < 4.78 is 98.3. The van der Waals surface area contributed by atoms with Gasteiger partial charge in [-0.3, -0.25) is 19.6 Å². The van der Waals surface area contributed by atoms with Crippen LogP contribution in [0.15, 0.2) is 90.8 Å². The highest BCUT2D eigenvalue weighted by Gasteiger charge is 2.42. The van der Waals surface area contributed by atoms with E-state index in [9.17, 15) is 0 Å². The Morgan fingerprint density at radius 1 is 0.647 bits per heavy atom.